The number of halogens is 3. The van der Waals surface area contributed by atoms with Crippen LogP contribution in [0.2, 0.25) is 5.02 Å². The average Bonchev–Trinajstić information content (AvgIpc) is 2.77. The molecule has 3 N–H and O–H groups in total. The summed E-state index contributed by atoms with van der Waals surface area (Å²) >= 11 is 5.92. The second-order valence-electron chi connectivity index (χ2n) is 7.37. The molecule has 1 unspecified atom stereocenters. The summed E-state index contributed by atoms with van der Waals surface area (Å²) in [7, 11) is 0. The first-order chi connectivity index (χ1) is 15.8. The number of benzene rings is 2. The molecule has 1 aromatic heterocycles. The summed E-state index contributed by atoms with van der Waals surface area (Å²) in [4.78, 5) is 28.0. The average molecular weight is 477 g/mol. The largest absolute Gasteiger partial charge is 0.447 e. The van der Waals surface area contributed by atoms with Gasteiger partial charge in [0.25, 0.3) is 0 Å². The van der Waals surface area contributed by atoms with E-state index in [1.165, 1.54) is 30.5 Å². The molecule has 7 nitrogen and oxygen atoms in total. The maximum absolute atomic E-state index is 13.5. The molecule has 1 atom stereocenters. The molecule has 3 rings (SSSR count). The van der Waals surface area contributed by atoms with Crippen LogP contribution in [0.4, 0.5) is 19.4 Å². The quantitative estimate of drug-likeness (QED) is 0.398. The van der Waals surface area contributed by atoms with Gasteiger partial charge in [0.1, 0.15) is 24.1 Å². The Kier molecular flexibility index (Phi) is 8.51. The second-order valence-corrected chi connectivity index (χ2v) is 7.75. The van der Waals surface area contributed by atoms with E-state index in [0.29, 0.717) is 17.5 Å². The molecule has 1 heterocycles. The lowest BCUT2D eigenvalue weighted by Crippen LogP contribution is -2.35. The Morgan fingerprint density at radius 2 is 1.97 bits per heavy atom. The Balaban J connectivity index is 1.34. The highest BCUT2D eigenvalue weighted by Crippen LogP contribution is 2.20. The van der Waals surface area contributed by atoms with Gasteiger partial charge in [-0.1, -0.05) is 23.7 Å². The van der Waals surface area contributed by atoms with Crippen molar-refractivity contribution in [1.29, 1.82) is 0 Å². The van der Waals surface area contributed by atoms with E-state index in [2.05, 4.69) is 20.9 Å². The van der Waals surface area contributed by atoms with Gasteiger partial charge in [0.05, 0.1) is 11.6 Å². The zero-order valence-electron chi connectivity index (χ0n) is 17.8. The fourth-order valence-electron chi connectivity index (χ4n) is 3.05. The van der Waals surface area contributed by atoms with Crippen LogP contribution in [0.25, 0.3) is 10.8 Å². The number of rotatable bonds is 9. The van der Waals surface area contributed by atoms with Crippen molar-refractivity contribution in [3.05, 3.63) is 70.9 Å². The van der Waals surface area contributed by atoms with Crippen molar-refractivity contribution in [2.75, 3.05) is 18.5 Å². The van der Waals surface area contributed by atoms with Gasteiger partial charge in [0.2, 0.25) is 5.91 Å². The number of carbonyl (C=O) groups excluding carboxylic acids is 2. The minimum Gasteiger partial charge on any atom is -0.447 e. The van der Waals surface area contributed by atoms with Crippen LogP contribution in [-0.4, -0.2) is 36.2 Å². The third-order valence-electron chi connectivity index (χ3n) is 4.74. The molecule has 2 amide bonds. The Labute approximate surface area is 194 Å². The van der Waals surface area contributed by atoms with Gasteiger partial charge >= 0.3 is 6.09 Å². The molecule has 10 heteroatoms. The number of pyridine rings is 1. The van der Waals surface area contributed by atoms with Crippen LogP contribution >= 0.6 is 11.6 Å². The van der Waals surface area contributed by atoms with Gasteiger partial charge < -0.3 is 15.4 Å². The highest BCUT2D eigenvalue weighted by Gasteiger charge is 2.11. The van der Waals surface area contributed by atoms with Crippen molar-refractivity contribution in [3.63, 3.8) is 0 Å². The molecule has 0 spiro atoms. The molecule has 33 heavy (non-hydrogen) atoms. The molecule has 0 bridgehead atoms. The van der Waals surface area contributed by atoms with Crippen molar-refractivity contribution in [1.82, 2.24) is 15.6 Å². The normalized spacial score (nSPS) is 11.8. The van der Waals surface area contributed by atoms with Crippen LogP contribution in [0, 0.1) is 11.6 Å². The van der Waals surface area contributed by atoms with Gasteiger partial charge in [-0.2, -0.15) is 0 Å². The first kappa shape index (κ1) is 24.3. The third kappa shape index (κ3) is 7.37. The standard InChI is InChI=1S/C23H23ClF2N4O3/c1-14(28-13-16-3-2-4-19(26)22(16)24)9-21(31)27-7-8-33-23(32)30-20-11-17-10-18(25)6-5-15(17)12-29-20/h2-6,10-12,14,28H,7-9,13H2,1H3,(H,27,31)(H,29,30,32). The number of ether oxygens (including phenoxy) is 1. The predicted octanol–water partition coefficient (Wildman–Crippen LogP) is 4.40. The van der Waals surface area contributed by atoms with Crippen molar-refractivity contribution >= 4 is 40.2 Å². The predicted molar refractivity (Wildman–Crippen MR) is 122 cm³/mol. The van der Waals surface area contributed by atoms with Gasteiger partial charge in [-0.15, -0.1) is 0 Å². The number of hydrogen-bond donors (Lipinski definition) is 3. The lowest BCUT2D eigenvalue weighted by Gasteiger charge is -2.15. The van der Waals surface area contributed by atoms with E-state index in [9.17, 15) is 18.4 Å². The second kappa shape index (κ2) is 11.5. The smallest absolute Gasteiger partial charge is 0.412 e. The molecule has 3 aromatic rings. The van der Waals surface area contributed by atoms with E-state index in [4.69, 9.17) is 16.3 Å². The molecule has 174 valence electrons. The lowest BCUT2D eigenvalue weighted by molar-refractivity contribution is -0.121. The molecule has 0 aliphatic carbocycles. The van der Waals surface area contributed by atoms with Crippen molar-refractivity contribution in [2.45, 2.75) is 25.9 Å². The molecule has 0 fully saturated rings. The first-order valence-corrected chi connectivity index (χ1v) is 10.6. The summed E-state index contributed by atoms with van der Waals surface area (Å²) in [6.07, 6.45) is 0.952. The van der Waals surface area contributed by atoms with E-state index in [0.717, 1.165) is 5.39 Å². The molecule has 0 aliphatic rings. The van der Waals surface area contributed by atoms with Crippen molar-refractivity contribution in [3.8, 4) is 0 Å². The monoisotopic (exact) mass is 476 g/mol. The number of nitrogens with one attached hydrogen (secondary N) is 3. The summed E-state index contributed by atoms with van der Waals surface area (Å²) in [5.41, 5.74) is 0.606. The molecule has 2 aromatic carbocycles. The third-order valence-corrected chi connectivity index (χ3v) is 5.16. The van der Waals surface area contributed by atoms with E-state index in [1.54, 1.807) is 18.2 Å². The van der Waals surface area contributed by atoms with E-state index in [-0.39, 0.29) is 48.2 Å². The van der Waals surface area contributed by atoms with Crippen molar-refractivity contribution < 1.29 is 23.1 Å². The van der Waals surface area contributed by atoms with E-state index < -0.39 is 11.9 Å². The van der Waals surface area contributed by atoms with Crippen LogP contribution in [-0.2, 0) is 16.1 Å². The SMILES string of the molecule is CC(CC(=O)NCCOC(=O)Nc1cc2cc(F)ccc2cn1)NCc1cccc(F)c1Cl. The lowest BCUT2D eigenvalue weighted by atomic mass is 10.2. The summed E-state index contributed by atoms with van der Waals surface area (Å²) in [5, 5.41) is 9.61. The van der Waals surface area contributed by atoms with Gasteiger partial charge in [0.15, 0.2) is 0 Å². The zero-order chi connectivity index (χ0) is 23.8. The van der Waals surface area contributed by atoms with Crippen molar-refractivity contribution in [2.24, 2.45) is 0 Å². The summed E-state index contributed by atoms with van der Waals surface area (Å²) in [6.45, 7) is 2.23. The van der Waals surface area contributed by atoms with Gasteiger partial charge in [-0.05, 0) is 48.2 Å². The number of hydrogen-bond acceptors (Lipinski definition) is 5. The van der Waals surface area contributed by atoms with Crippen LogP contribution in [0.3, 0.4) is 0 Å². The number of aromatic nitrogens is 1. The van der Waals surface area contributed by atoms with Gasteiger partial charge in [-0.3, -0.25) is 10.1 Å². The van der Waals surface area contributed by atoms with Gasteiger partial charge in [-0.25, -0.2) is 18.6 Å². The van der Waals surface area contributed by atoms with Gasteiger partial charge in [0, 0.05) is 30.6 Å². The molecule has 0 saturated heterocycles. The molecule has 0 saturated carbocycles. The highest BCUT2D eigenvalue weighted by molar-refractivity contribution is 6.31. The number of anilines is 1. The molecular formula is C23H23ClF2N4O3. The molecule has 0 aliphatic heterocycles. The molecular weight excluding hydrogens is 454 g/mol. The Hall–Kier alpha value is -3.30. The van der Waals surface area contributed by atoms with Crippen LogP contribution in [0.15, 0.2) is 48.7 Å². The van der Waals surface area contributed by atoms with Crippen LogP contribution in [0.1, 0.15) is 18.9 Å². The van der Waals surface area contributed by atoms with Crippen LogP contribution in [0.5, 0.6) is 0 Å². The molecule has 0 radical (unpaired) electrons. The topological polar surface area (TPSA) is 92.3 Å². The minimum absolute atomic E-state index is 0.0412. The fraction of sp³-hybridized carbons (Fsp3) is 0.261. The maximum atomic E-state index is 13.5. The van der Waals surface area contributed by atoms with Crippen LogP contribution < -0.4 is 16.0 Å². The number of nitrogens with zero attached hydrogens (tertiary/aromatic N) is 1. The summed E-state index contributed by atoms with van der Waals surface area (Å²) in [5.74, 6) is -0.890. The summed E-state index contributed by atoms with van der Waals surface area (Å²) < 4.78 is 31.8. The first-order valence-electron chi connectivity index (χ1n) is 10.2. The summed E-state index contributed by atoms with van der Waals surface area (Å²) in [6, 6.07) is 10.2. The van der Waals surface area contributed by atoms with E-state index >= 15 is 0 Å². The highest BCUT2D eigenvalue weighted by atomic mass is 35.5. The number of fused-ring (bicyclic) bond motifs is 1. The maximum Gasteiger partial charge on any atom is 0.412 e. The minimum atomic E-state index is -0.741. The number of amides is 2. The number of carbonyl (C=O) groups is 2. The fourth-order valence-corrected chi connectivity index (χ4v) is 3.24. The zero-order valence-corrected chi connectivity index (χ0v) is 18.6. The Morgan fingerprint density at radius 3 is 2.79 bits per heavy atom. The Bertz CT molecular complexity index is 1150. The Morgan fingerprint density at radius 1 is 1.15 bits per heavy atom. The van der Waals surface area contributed by atoms with E-state index in [1.807, 2.05) is 6.92 Å².